The van der Waals surface area contributed by atoms with E-state index in [2.05, 4.69) is 25.6 Å². The molecule has 3 aromatic rings. The Kier molecular flexibility index (Phi) is 3.74. The average molecular weight is 306 g/mol. The summed E-state index contributed by atoms with van der Waals surface area (Å²) in [6.45, 7) is 0.144. The Hall–Kier alpha value is -2.54. The topological polar surface area (TPSA) is 76.6 Å². The highest BCUT2D eigenvalue weighted by Gasteiger charge is 2.06. The SMILES string of the molecule is Fc1cc(Cl)ccc1OCc1ccc(-c2nn[nH]n2)cn1. The maximum absolute atomic E-state index is 13.5. The van der Waals surface area contributed by atoms with Gasteiger partial charge < -0.3 is 4.74 Å². The molecule has 0 spiro atoms. The Morgan fingerprint density at radius 3 is 2.81 bits per heavy atom. The summed E-state index contributed by atoms with van der Waals surface area (Å²) in [4.78, 5) is 4.20. The van der Waals surface area contributed by atoms with Gasteiger partial charge in [-0.05, 0) is 35.5 Å². The van der Waals surface area contributed by atoms with E-state index in [1.165, 1.54) is 12.1 Å². The smallest absolute Gasteiger partial charge is 0.206 e. The largest absolute Gasteiger partial charge is 0.484 e. The quantitative estimate of drug-likeness (QED) is 0.802. The normalized spacial score (nSPS) is 10.6. The fraction of sp³-hybridized carbons (Fsp3) is 0.0769. The first-order valence-corrected chi connectivity index (χ1v) is 6.37. The summed E-state index contributed by atoms with van der Waals surface area (Å²) in [7, 11) is 0. The first-order chi connectivity index (χ1) is 10.2. The lowest BCUT2D eigenvalue weighted by Gasteiger charge is -2.07. The number of halogens is 2. The molecule has 0 aliphatic carbocycles. The van der Waals surface area contributed by atoms with Crippen molar-refractivity contribution in [1.82, 2.24) is 25.6 Å². The Morgan fingerprint density at radius 1 is 1.24 bits per heavy atom. The molecule has 6 nitrogen and oxygen atoms in total. The van der Waals surface area contributed by atoms with Gasteiger partial charge in [0.25, 0.3) is 0 Å². The van der Waals surface area contributed by atoms with Gasteiger partial charge in [0.2, 0.25) is 5.82 Å². The fourth-order valence-electron chi connectivity index (χ4n) is 1.67. The number of aromatic amines is 1. The lowest BCUT2D eigenvalue weighted by molar-refractivity contribution is 0.286. The predicted molar refractivity (Wildman–Crippen MR) is 73.2 cm³/mol. The van der Waals surface area contributed by atoms with Crippen LogP contribution in [0.3, 0.4) is 0 Å². The van der Waals surface area contributed by atoms with Crippen molar-refractivity contribution in [3.63, 3.8) is 0 Å². The summed E-state index contributed by atoms with van der Waals surface area (Å²) in [6, 6.07) is 7.77. The third-order valence-corrected chi connectivity index (χ3v) is 2.93. The van der Waals surface area contributed by atoms with E-state index in [0.29, 0.717) is 16.5 Å². The highest BCUT2D eigenvalue weighted by Crippen LogP contribution is 2.22. The first-order valence-electron chi connectivity index (χ1n) is 5.99. The van der Waals surface area contributed by atoms with E-state index in [4.69, 9.17) is 16.3 Å². The van der Waals surface area contributed by atoms with Crippen molar-refractivity contribution < 1.29 is 9.13 Å². The van der Waals surface area contributed by atoms with Crippen LogP contribution in [0.2, 0.25) is 5.02 Å². The van der Waals surface area contributed by atoms with Gasteiger partial charge >= 0.3 is 0 Å². The van der Waals surface area contributed by atoms with Crippen LogP contribution < -0.4 is 4.74 Å². The van der Waals surface area contributed by atoms with Crippen LogP contribution in [-0.2, 0) is 6.61 Å². The minimum atomic E-state index is -0.508. The van der Waals surface area contributed by atoms with Crippen molar-refractivity contribution in [3.05, 3.63) is 53.1 Å². The molecule has 0 unspecified atom stereocenters. The second-order valence-electron chi connectivity index (χ2n) is 4.14. The number of ether oxygens (including phenoxy) is 1. The summed E-state index contributed by atoms with van der Waals surface area (Å²) < 4.78 is 18.9. The Balaban J connectivity index is 1.68. The van der Waals surface area contributed by atoms with E-state index in [1.54, 1.807) is 24.4 Å². The van der Waals surface area contributed by atoms with Gasteiger partial charge in [-0.15, -0.1) is 10.2 Å². The van der Waals surface area contributed by atoms with Crippen molar-refractivity contribution >= 4 is 11.6 Å². The number of nitrogens with one attached hydrogen (secondary N) is 1. The van der Waals surface area contributed by atoms with E-state index < -0.39 is 5.82 Å². The molecule has 0 saturated heterocycles. The van der Waals surface area contributed by atoms with Crippen molar-refractivity contribution in [3.8, 4) is 17.1 Å². The Labute approximate surface area is 123 Å². The maximum atomic E-state index is 13.5. The molecule has 2 heterocycles. The third kappa shape index (κ3) is 3.14. The number of hydrogen-bond donors (Lipinski definition) is 1. The summed E-state index contributed by atoms with van der Waals surface area (Å²) in [5.41, 5.74) is 1.38. The average Bonchev–Trinajstić information content (AvgIpc) is 3.01. The van der Waals surface area contributed by atoms with Crippen LogP contribution in [0.1, 0.15) is 5.69 Å². The van der Waals surface area contributed by atoms with E-state index in [9.17, 15) is 4.39 Å². The number of pyridine rings is 1. The Morgan fingerprint density at radius 2 is 2.14 bits per heavy atom. The van der Waals surface area contributed by atoms with E-state index >= 15 is 0 Å². The molecule has 21 heavy (non-hydrogen) atoms. The molecule has 1 N–H and O–H groups in total. The van der Waals surface area contributed by atoms with Crippen molar-refractivity contribution in [2.75, 3.05) is 0 Å². The molecular weight excluding hydrogens is 297 g/mol. The lowest BCUT2D eigenvalue weighted by atomic mass is 10.2. The van der Waals surface area contributed by atoms with Crippen LogP contribution in [0.25, 0.3) is 11.4 Å². The lowest BCUT2D eigenvalue weighted by Crippen LogP contribution is -1.99. The van der Waals surface area contributed by atoms with Crippen LogP contribution in [0.5, 0.6) is 5.75 Å². The monoisotopic (exact) mass is 305 g/mol. The van der Waals surface area contributed by atoms with E-state index in [1.807, 2.05) is 0 Å². The van der Waals surface area contributed by atoms with E-state index in [0.717, 1.165) is 5.56 Å². The molecule has 0 atom stereocenters. The van der Waals surface area contributed by atoms with Crippen molar-refractivity contribution in [2.45, 2.75) is 6.61 Å². The van der Waals surface area contributed by atoms with Crippen LogP contribution in [-0.4, -0.2) is 25.6 Å². The first kappa shape index (κ1) is 13.4. The summed E-state index contributed by atoms with van der Waals surface area (Å²) >= 11 is 5.67. The van der Waals surface area contributed by atoms with Crippen LogP contribution in [0, 0.1) is 5.82 Å². The predicted octanol–water partition coefficient (Wildman–Crippen LogP) is 2.63. The number of H-pyrrole nitrogens is 1. The zero-order valence-corrected chi connectivity index (χ0v) is 11.4. The van der Waals surface area contributed by atoms with Crippen LogP contribution >= 0.6 is 11.6 Å². The van der Waals surface area contributed by atoms with Gasteiger partial charge in [0.05, 0.1) is 5.69 Å². The number of aromatic nitrogens is 5. The minimum Gasteiger partial charge on any atom is -0.484 e. The molecule has 1 aromatic carbocycles. The van der Waals surface area contributed by atoms with Gasteiger partial charge in [0.15, 0.2) is 11.6 Å². The van der Waals surface area contributed by atoms with Gasteiger partial charge in [-0.25, -0.2) is 4.39 Å². The van der Waals surface area contributed by atoms with Gasteiger partial charge in [-0.2, -0.15) is 5.21 Å². The summed E-state index contributed by atoms with van der Waals surface area (Å²) in [6.07, 6.45) is 1.60. The number of hydrogen-bond acceptors (Lipinski definition) is 5. The van der Waals surface area contributed by atoms with Crippen molar-refractivity contribution in [1.29, 1.82) is 0 Å². The highest BCUT2D eigenvalue weighted by atomic mass is 35.5. The van der Waals surface area contributed by atoms with Gasteiger partial charge in [-0.1, -0.05) is 11.6 Å². The minimum absolute atomic E-state index is 0.128. The molecular formula is C13H9ClFN5O. The van der Waals surface area contributed by atoms with Gasteiger partial charge in [0.1, 0.15) is 6.61 Å². The molecule has 0 radical (unpaired) electrons. The van der Waals surface area contributed by atoms with Crippen LogP contribution in [0.15, 0.2) is 36.5 Å². The fourth-order valence-corrected chi connectivity index (χ4v) is 1.83. The molecule has 0 aliphatic heterocycles. The van der Waals surface area contributed by atoms with E-state index in [-0.39, 0.29) is 12.4 Å². The van der Waals surface area contributed by atoms with Gasteiger partial charge in [-0.3, -0.25) is 4.98 Å². The molecule has 0 saturated carbocycles. The number of tetrazole rings is 1. The third-order valence-electron chi connectivity index (χ3n) is 2.70. The second kappa shape index (κ2) is 5.84. The van der Waals surface area contributed by atoms with Crippen molar-refractivity contribution in [2.24, 2.45) is 0 Å². The standard InChI is InChI=1S/C13H9ClFN5O/c14-9-2-4-12(11(15)5-9)21-7-10-3-1-8(6-16-10)13-17-19-20-18-13/h1-6H,7H2,(H,17,18,19,20). The molecule has 106 valence electrons. The molecule has 2 aromatic heterocycles. The zero-order valence-electron chi connectivity index (χ0n) is 10.6. The molecule has 0 aliphatic rings. The molecule has 3 rings (SSSR count). The summed E-state index contributed by atoms with van der Waals surface area (Å²) in [5.74, 6) is 0.0769. The Bertz CT molecular complexity index is 733. The van der Waals surface area contributed by atoms with Crippen LogP contribution in [0.4, 0.5) is 4.39 Å². The number of benzene rings is 1. The number of nitrogens with zero attached hydrogens (tertiary/aromatic N) is 4. The molecule has 0 bridgehead atoms. The highest BCUT2D eigenvalue weighted by molar-refractivity contribution is 6.30. The molecule has 0 fully saturated rings. The summed E-state index contributed by atoms with van der Waals surface area (Å²) in [5, 5.41) is 13.9. The molecule has 0 amide bonds. The second-order valence-corrected chi connectivity index (χ2v) is 4.57. The van der Waals surface area contributed by atoms with Gasteiger partial charge in [0, 0.05) is 16.8 Å². The maximum Gasteiger partial charge on any atom is 0.206 e. The molecule has 8 heteroatoms. The zero-order chi connectivity index (χ0) is 14.7. The number of rotatable bonds is 4.